The van der Waals surface area contributed by atoms with Crippen molar-refractivity contribution in [2.75, 3.05) is 0 Å². The predicted molar refractivity (Wildman–Crippen MR) is 70.5 cm³/mol. The molecule has 2 fully saturated rings. The zero-order valence-corrected chi connectivity index (χ0v) is 11.6. The second-order valence-corrected chi connectivity index (χ2v) is 7.12. The van der Waals surface area contributed by atoms with E-state index in [1.165, 1.54) is 25.7 Å². The molecular weight excluding hydrogens is 284 g/mol. The Morgan fingerprint density at radius 3 is 2.88 bits per heavy atom. The fraction of sp³-hybridized carbons (Fsp3) is 0.692. The highest BCUT2D eigenvalue weighted by Gasteiger charge is 2.40. The van der Waals surface area contributed by atoms with E-state index < -0.39 is 0 Å². The number of aliphatic hydroxyl groups is 1. The lowest BCUT2D eigenvalue weighted by atomic mass is 9.84. The van der Waals surface area contributed by atoms with Crippen molar-refractivity contribution in [2.24, 2.45) is 17.8 Å². The standard InChI is InChI=1S/C13H17BrOS/c14-11-3-4-16-13(11)12(15)7-10-6-8-1-2-9(10)5-8/h3-4,8-10,12,15H,1-2,5-7H2. The Labute approximate surface area is 109 Å². The molecule has 1 nitrogen and oxygen atoms in total. The predicted octanol–water partition coefficient (Wildman–Crippen LogP) is 4.37. The molecule has 88 valence electrons. The van der Waals surface area contributed by atoms with Crippen LogP contribution in [-0.2, 0) is 0 Å². The smallest absolute Gasteiger partial charge is 0.0896 e. The molecule has 1 N–H and O–H groups in total. The van der Waals surface area contributed by atoms with Crippen molar-refractivity contribution in [3.63, 3.8) is 0 Å². The normalized spacial score (nSPS) is 34.5. The molecule has 2 aliphatic carbocycles. The second kappa shape index (κ2) is 4.43. The van der Waals surface area contributed by atoms with Gasteiger partial charge in [-0.2, -0.15) is 0 Å². The quantitative estimate of drug-likeness (QED) is 0.879. The monoisotopic (exact) mass is 300 g/mol. The van der Waals surface area contributed by atoms with Crippen LogP contribution in [0.4, 0.5) is 0 Å². The first-order valence-corrected chi connectivity index (χ1v) is 7.82. The third-order valence-electron chi connectivity index (χ3n) is 4.36. The van der Waals surface area contributed by atoms with Crippen molar-refractivity contribution in [3.05, 3.63) is 20.8 Å². The highest BCUT2D eigenvalue weighted by atomic mass is 79.9. The van der Waals surface area contributed by atoms with Crippen LogP contribution in [0.3, 0.4) is 0 Å². The second-order valence-electron chi connectivity index (χ2n) is 5.32. The van der Waals surface area contributed by atoms with Gasteiger partial charge in [-0.3, -0.25) is 0 Å². The van der Waals surface area contributed by atoms with Gasteiger partial charge in [0.25, 0.3) is 0 Å². The molecule has 16 heavy (non-hydrogen) atoms. The van der Waals surface area contributed by atoms with Crippen molar-refractivity contribution >= 4 is 27.3 Å². The van der Waals surface area contributed by atoms with Gasteiger partial charge in [-0.15, -0.1) is 11.3 Å². The van der Waals surface area contributed by atoms with E-state index in [1.54, 1.807) is 11.3 Å². The number of fused-ring (bicyclic) bond motifs is 2. The molecule has 1 heterocycles. The minimum Gasteiger partial charge on any atom is -0.388 e. The van der Waals surface area contributed by atoms with E-state index in [2.05, 4.69) is 15.9 Å². The van der Waals surface area contributed by atoms with Gasteiger partial charge in [-0.25, -0.2) is 0 Å². The van der Waals surface area contributed by atoms with Crippen LogP contribution in [0.2, 0.25) is 0 Å². The molecule has 1 aromatic heterocycles. The lowest BCUT2D eigenvalue weighted by Crippen LogP contribution is -2.13. The van der Waals surface area contributed by atoms with Crippen molar-refractivity contribution in [1.82, 2.24) is 0 Å². The van der Waals surface area contributed by atoms with Crippen LogP contribution in [0, 0.1) is 17.8 Å². The van der Waals surface area contributed by atoms with E-state index in [4.69, 9.17) is 0 Å². The molecule has 0 radical (unpaired) electrons. The van der Waals surface area contributed by atoms with Crippen LogP contribution in [0.1, 0.15) is 43.1 Å². The average Bonchev–Trinajstić information content (AvgIpc) is 2.92. The summed E-state index contributed by atoms with van der Waals surface area (Å²) in [6, 6.07) is 2.03. The average molecular weight is 301 g/mol. The first-order valence-electron chi connectivity index (χ1n) is 6.15. The lowest BCUT2D eigenvalue weighted by molar-refractivity contribution is 0.128. The summed E-state index contributed by atoms with van der Waals surface area (Å²) >= 11 is 5.17. The van der Waals surface area contributed by atoms with Crippen LogP contribution in [0.15, 0.2) is 15.9 Å². The molecule has 2 saturated carbocycles. The Hall–Kier alpha value is 0.140. The molecule has 2 bridgehead atoms. The molecule has 0 aliphatic heterocycles. The molecule has 0 aromatic carbocycles. The van der Waals surface area contributed by atoms with Gasteiger partial charge in [-0.05, 0) is 70.8 Å². The van der Waals surface area contributed by atoms with E-state index >= 15 is 0 Å². The minimum atomic E-state index is -0.251. The van der Waals surface area contributed by atoms with E-state index in [0.29, 0.717) is 0 Å². The van der Waals surface area contributed by atoms with Gasteiger partial charge < -0.3 is 5.11 Å². The van der Waals surface area contributed by atoms with Gasteiger partial charge in [0.05, 0.1) is 6.10 Å². The van der Waals surface area contributed by atoms with Crippen LogP contribution in [-0.4, -0.2) is 5.11 Å². The summed E-state index contributed by atoms with van der Waals surface area (Å²) in [4.78, 5) is 1.11. The lowest BCUT2D eigenvalue weighted by Gasteiger charge is -2.23. The molecule has 2 aliphatic rings. The maximum Gasteiger partial charge on any atom is 0.0896 e. The largest absolute Gasteiger partial charge is 0.388 e. The fourth-order valence-corrected chi connectivity index (χ4v) is 5.24. The molecule has 3 heteroatoms. The van der Waals surface area contributed by atoms with Crippen LogP contribution in [0.5, 0.6) is 0 Å². The summed E-state index contributed by atoms with van der Waals surface area (Å²) in [7, 11) is 0. The Morgan fingerprint density at radius 2 is 2.31 bits per heavy atom. The van der Waals surface area contributed by atoms with E-state index in [-0.39, 0.29) is 6.10 Å². The molecule has 1 aromatic rings. The van der Waals surface area contributed by atoms with Gasteiger partial charge in [0.1, 0.15) is 0 Å². The molecule has 3 rings (SSSR count). The molecular formula is C13H17BrOS. The third-order valence-corrected chi connectivity index (χ3v) is 6.33. The molecule has 0 spiro atoms. The van der Waals surface area contributed by atoms with E-state index in [1.807, 2.05) is 11.4 Å². The maximum atomic E-state index is 10.3. The van der Waals surface area contributed by atoms with E-state index in [0.717, 1.165) is 33.5 Å². The third kappa shape index (κ3) is 1.98. The summed E-state index contributed by atoms with van der Waals surface area (Å²) in [5, 5.41) is 12.3. The molecule has 4 unspecified atom stereocenters. The Balaban J connectivity index is 1.65. The Bertz CT molecular complexity index is 376. The summed E-state index contributed by atoms with van der Waals surface area (Å²) in [5.41, 5.74) is 0. The first-order chi connectivity index (χ1) is 7.74. The number of aliphatic hydroxyl groups excluding tert-OH is 1. The molecule has 0 amide bonds. The zero-order chi connectivity index (χ0) is 11.1. The van der Waals surface area contributed by atoms with Crippen LogP contribution >= 0.6 is 27.3 Å². The first kappa shape index (κ1) is 11.2. The van der Waals surface area contributed by atoms with Gasteiger partial charge in [0.15, 0.2) is 0 Å². The summed E-state index contributed by atoms with van der Waals surface area (Å²) in [5.74, 6) is 2.68. The fourth-order valence-electron chi connectivity index (χ4n) is 3.60. The zero-order valence-electron chi connectivity index (χ0n) is 9.23. The van der Waals surface area contributed by atoms with Gasteiger partial charge >= 0.3 is 0 Å². The van der Waals surface area contributed by atoms with Crippen LogP contribution in [0.25, 0.3) is 0 Å². The number of rotatable bonds is 3. The number of hydrogen-bond donors (Lipinski definition) is 1. The Kier molecular flexibility index (Phi) is 3.11. The van der Waals surface area contributed by atoms with Gasteiger partial charge in [0, 0.05) is 9.35 Å². The van der Waals surface area contributed by atoms with Crippen molar-refractivity contribution in [1.29, 1.82) is 0 Å². The maximum absolute atomic E-state index is 10.3. The number of hydrogen-bond acceptors (Lipinski definition) is 2. The topological polar surface area (TPSA) is 20.2 Å². The van der Waals surface area contributed by atoms with Crippen molar-refractivity contribution < 1.29 is 5.11 Å². The van der Waals surface area contributed by atoms with Gasteiger partial charge in [-0.1, -0.05) is 6.42 Å². The summed E-state index contributed by atoms with van der Waals surface area (Å²) in [6.07, 6.45) is 6.38. The number of thiophene rings is 1. The molecule has 4 atom stereocenters. The highest BCUT2D eigenvalue weighted by Crippen LogP contribution is 2.51. The van der Waals surface area contributed by atoms with Gasteiger partial charge in [0.2, 0.25) is 0 Å². The Morgan fingerprint density at radius 1 is 1.44 bits per heavy atom. The summed E-state index contributed by atoms with van der Waals surface area (Å²) in [6.45, 7) is 0. The minimum absolute atomic E-state index is 0.251. The summed E-state index contributed by atoms with van der Waals surface area (Å²) < 4.78 is 1.08. The highest BCUT2D eigenvalue weighted by molar-refractivity contribution is 9.10. The number of halogens is 1. The van der Waals surface area contributed by atoms with Crippen molar-refractivity contribution in [3.8, 4) is 0 Å². The SMILES string of the molecule is OC(CC1CC2CCC1C2)c1sccc1Br. The van der Waals surface area contributed by atoms with E-state index in [9.17, 15) is 5.11 Å². The van der Waals surface area contributed by atoms with Crippen LogP contribution < -0.4 is 0 Å². The molecule has 0 saturated heterocycles. The van der Waals surface area contributed by atoms with Crippen molar-refractivity contribution in [2.45, 2.75) is 38.2 Å².